The molecular weight excluding hydrogens is 1130 g/mol. The third-order valence-electron chi connectivity index (χ3n) is 17.4. The lowest BCUT2D eigenvalue weighted by atomic mass is 10.0. The number of aliphatic carboxylic acids is 1. The number of rotatable bonds is 73. The zero-order chi connectivity index (χ0) is 66.1. The van der Waals surface area contributed by atoms with Crippen LogP contribution in [0.1, 0.15) is 373 Å². The van der Waals surface area contributed by atoms with E-state index in [0.717, 1.165) is 64.2 Å². The molecule has 2 atom stereocenters. The number of unbranched alkanes of at least 4 members (excludes halogenated alkanes) is 46. The molecule has 0 aromatic rings. The van der Waals surface area contributed by atoms with Gasteiger partial charge in [-0.1, -0.05) is 344 Å². The number of carbonyl (C=O) groups is 3. The van der Waals surface area contributed by atoms with Crippen LogP contribution >= 0.6 is 0 Å². The fraction of sp³-hybridized carbons (Fsp3) is 0.817. The number of hydrogen-bond acceptors (Lipinski definition) is 7. The Labute approximate surface area is 564 Å². The summed E-state index contributed by atoms with van der Waals surface area (Å²) in [6.07, 6.45) is 94.8. The predicted octanol–water partition coefficient (Wildman–Crippen LogP) is 24.8. The number of esters is 2. The van der Waals surface area contributed by atoms with Crippen LogP contribution in [0.15, 0.2) is 72.9 Å². The smallest absolute Gasteiger partial charge is 0.361 e. The van der Waals surface area contributed by atoms with Gasteiger partial charge in [-0.3, -0.25) is 9.59 Å². The summed E-state index contributed by atoms with van der Waals surface area (Å²) in [5.41, 5.74) is 0. The van der Waals surface area contributed by atoms with Crippen molar-refractivity contribution in [3.8, 4) is 0 Å². The molecule has 0 aromatic heterocycles. The number of quaternary nitrogens is 1. The number of likely N-dealkylation sites (N-methyl/N-ethyl adjacent to an activating group) is 1. The number of ether oxygens (including phenoxy) is 4. The third-order valence-corrected chi connectivity index (χ3v) is 17.4. The topological polar surface area (TPSA) is 108 Å². The van der Waals surface area contributed by atoms with Crippen molar-refractivity contribution in [1.82, 2.24) is 0 Å². The van der Waals surface area contributed by atoms with E-state index in [2.05, 4.69) is 86.8 Å². The second kappa shape index (κ2) is 72.6. The lowest BCUT2D eigenvalue weighted by Crippen LogP contribution is -2.40. The molecule has 0 saturated carbocycles. The van der Waals surface area contributed by atoms with Crippen LogP contribution in [0, 0.1) is 0 Å². The molecule has 91 heavy (non-hydrogen) atoms. The Kier molecular flexibility index (Phi) is 69.9. The van der Waals surface area contributed by atoms with E-state index < -0.39 is 18.4 Å². The lowest BCUT2D eigenvalue weighted by molar-refractivity contribution is -0.870. The molecule has 530 valence electrons. The molecule has 0 heterocycles. The molecule has 0 aliphatic rings. The Hall–Kier alpha value is -3.27. The van der Waals surface area contributed by atoms with Gasteiger partial charge < -0.3 is 28.5 Å². The van der Waals surface area contributed by atoms with Gasteiger partial charge in [-0.15, -0.1) is 0 Å². The molecule has 0 saturated heterocycles. The van der Waals surface area contributed by atoms with Gasteiger partial charge in [0.25, 0.3) is 6.29 Å². The molecule has 1 N–H and O–H groups in total. The lowest BCUT2D eigenvalue weighted by Gasteiger charge is -2.25. The summed E-state index contributed by atoms with van der Waals surface area (Å²) in [5.74, 6) is -1.99. The maximum atomic E-state index is 13.0. The first-order valence-corrected chi connectivity index (χ1v) is 39.1. The number of allylic oxidation sites excluding steroid dienone is 12. The summed E-state index contributed by atoms with van der Waals surface area (Å²) in [6, 6.07) is 0. The Morgan fingerprint density at radius 3 is 0.879 bits per heavy atom. The first kappa shape index (κ1) is 87.7. The van der Waals surface area contributed by atoms with E-state index in [4.69, 9.17) is 18.9 Å². The Bertz CT molecular complexity index is 1730. The molecule has 0 aliphatic carbocycles. The molecule has 0 aromatic carbocycles. The predicted molar refractivity (Wildman–Crippen MR) is 392 cm³/mol. The van der Waals surface area contributed by atoms with Gasteiger partial charge >= 0.3 is 17.9 Å². The monoisotopic (exact) mass is 1280 g/mol. The number of hydrogen-bond donors (Lipinski definition) is 1. The van der Waals surface area contributed by atoms with Crippen molar-refractivity contribution in [2.45, 2.75) is 386 Å². The van der Waals surface area contributed by atoms with Gasteiger partial charge in [-0.2, -0.15) is 0 Å². The molecule has 0 rings (SSSR count). The summed E-state index contributed by atoms with van der Waals surface area (Å²) >= 11 is 0. The van der Waals surface area contributed by atoms with E-state index in [1.54, 1.807) is 0 Å². The maximum Gasteiger partial charge on any atom is 0.361 e. The first-order chi connectivity index (χ1) is 44.6. The first-order valence-electron chi connectivity index (χ1n) is 39.1. The second-order valence-electron chi connectivity index (χ2n) is 27.7. The van der Waals surface area contributed by atoms with Gasteiger partial charge in [0.2, 0.25) is 0 Å². The SMILES string of the molecule is CCCCCCC/C=C\C/C=C\C/C=C\CCCCCCCCCCCCCCCCCCCCCCCCCCCCC(=O)OC(COC(=O)CCCCCCCCCCCC/C=C\C/C=C\C/C=C\CCCCCCC)COC(OCC[N+](C)(C)C)C(=O)O. The molecule has 2 unspecified atom stereocenters. The van der Waals surface area contributed by atoms with Crippen LogP contribution in [0.25, 0.3) is 0 Å². The van der Waals surface area contributed by atoms with Gasteiger partial charge in [-0.25, -0.2) is 4.79 Å². The molecule has 0 bridgehead atoms. The molecular formula is C82H150NO8+. The van der Waals surface area contributed by atoms with Crippen LogP contribution in [0.4, 0.5) is 0 Å². The minimum absolute atomic E-state index is 0.182. The molecule has 0 amide bonds. The summed E-state index contributed by atoms with van der Waals surface area (Å²) in [5, 5.41) is 9.76. The minimum atomic E-state index is -1.51. The van der Waals surface area contributed by atoms with Crippen molar-refractivity contribution < 1.29 is 42.9 Å². The van der Waals surface area contributed by atoms with E-state index in [1.165, 1.54) is 283 Å². The minimum Gasteiger partial charge on any atom is -0.477 e. The van der Waals surface area contributed by atoms with Crippen LogP contribution in [-0.2, 0) is 33.3 Å². The van der Waals surface area contributed by atoms with E-state index in [9.17, 15) is 19.5 Å². The number of nitrogens with zero attached hydrogens (tertiary/aromatic N) is 1. The fourth-order valence-corrected chi connectivity index (χ4v) is 11.4. The molecule has 0 aliphatic heterocycles. The number of carbonyl (C=O) groups excluding carboxylic acids is 2. The van der Waals surface area contributed by atoms with Crippen LogP contribution in [0.3, 0.4) is 0 Å². The summed E-state index contributed by atoms with van der Waals surface area (Å²) < 4.78 is 23.0. The van der Waals surface area contributed by atoms with Gasteiger partial charge in [0, 0.05) is 12.8 Å². The molecule has 9 heteroatoms. The van der Waals surface area contributed by atoms with E-state index in [-0.39, 0.29) is 38.2 Å². The largest absolute Gasteiger partial charge is 0.477 e. The van der Waals surface area contributed by atoms with Crippen molar-refractivity contribution in [2.24, 2.45) is 0 Å². The van der Waals surface area contributed by atoms with Crippen molar-refractivity contribution in [3.63, 3.8) is 0 Å². The summed E-state index contributed by atoms with van der Waals surface area (Å²) in [4.78, 5) is 37.7. The Balaban J connectivity index is 3.97. The van der Waals surface area contributed by atoms with Gasteiger partial charge in [0.05, 0.1) is 34.4 Å². The van der Waals surface area contributed by atoms with E-state index in [0.29, 0.717) is 17.4 Å². The number of carboxylic acid groups (broad SMARTS) is 1. The van der Waals surface area contributed by atoms with Crippen molar-refractivity contribution in [3.05, 3.63) is 72.9 Å². The van der Waals surface area contributed by atoms with Crippen molar-refractivity contribution >= 4 is 17.9 Å². The molecule has 0 radical (unpaired) electrons. The summed E-state index contributed by atoms with van der Waals surface area (Å²) in [7, 11) is 5.99. The molecule has 9 nitrogen and oxygen atoms in total. The maximum absolute atomic E-state index is 13.0. The van der Waals surface area contributed by atoms with E-state index >= 15 is 0 Å². The standard InChI is InChI=1S/C82H149NO8/c1-6-8-10-12-14-16-18-20-22-24-26-28-30-32-33-34-35-36-37-38-39-40-41-42-43-44-45-46-47-49-51-53-55-57-59-61-63-65-67-69-71-73-80(85)91-78(77-90-82(81(86)87)88-75-74-83(3,4)5)76-89-79(84)72-70-68-66-64-62-60-58-56-54-52-50-48-31-29-27-25-23-21-19-17-15-13-11-9-7-2/h18-21,24-27,30-32,48,78,82H,6-17,22-23,28-29,33-47,49-77H2,1-5H3/p+1/b20-18-,21-19-,26-24-,27-25-,32-30-,48-31-. The highest BCUT2D eigenvalue weighted by Crippen LogP contribution is 2.19. The van der Waals surface area contributed by atoms with Gasteiger partial charge in [0.1, 0.15) is 13.2 Å². The fourth-order valence-electron chi connectivity index (χ4n) is 11.4. The van der Waals surface area contributed by atoms with Crippen LogP contribution in [-0.4, -0.2) is 87.4 Å². The molecule has 0 spiro atoms. The average molecular weight is 1280 g/mol. The van der Waals surface area contributed by atoms with Gasteiger partial charge in [-0.05, 0) is 89.9 Å². The van der Waals surface area contributed by atoms with Crippen molar-refractivity contribution in [1.29, 1.82) is 0 Å². The normalized spacial score (nSPS) is 13.0. The number of carboxylic acids is 1. The third kappa shape index (κ3) is 74.0. The Morgan fingerprint density at radius 2 is 0.593 bits per heavy atom. The zero-order valence-electron chi connectivity index (χ0n) is 60.8. The quantitative estimate of drug-likeness (QED) is 0.0211. The highest BCUT2D eigenvalue weighted by Gasteiger charge is 2.25. The Morgan fingerprint density at radius 1 is 0.330 bits per heavy atom. The second-order valence-corrected chi connectivity index (χ2v) is 27.7. The van der Waals surface area contributed by atoms with Crippen LogP contribution in [0.2, 0.25) is 0 Å². The van der Waals surface area contributed by atoms with Crippen LogP contribution < -0.4 is 0 Å². The van der Waals surface area contributed by atoms with Gasteiger partial charge in [0.15, 0.2) is 6.10 Å². The van der Waals surface area contributed by atoms with E-state index in [1.807, 2.05) is 21.1 Å². The zero-order valence-corrected chi connectivity index (χ0v) is 60.8. The van der Waals surface area contributed by atoms with Crippen molar-refractivity contribution in [2.75, 3.05) is 47.5 Å². The highest BCUT2D eigenvalue weighted by molar-refractivity contribution is 5.71. The highest BCUT2D eigenvalue weighted by atomic mass is 16.7. The average Bonchev–Trinajstić information content (AvgIpc) is 3.53. The summed E-state index contributed by atoms with van der Waals surface area (Å²) in [6.45, 7) is 4.90. The van der Waals surface area contributed by atoms with Crippen LogP contribution in [0.5, 0.6) is 0 Å². The molecule has 0 fully saturated rings.